The molecule has 1 atom stereocenters. The van der Waals surface area contributed by atoms with Gasteiger partial charge >= 0.3 is 0 Å². The summed E-state index contributed by atoms with van der Waals surface area (Å²) < 4.78 is 5.30. The maximum atomic E-state index is 12.3. The zero-order chi connectivity index (χ0) is 15.7. The first kappa shape index (κ1) is 17.5. The molecule has 1 aromatic carbocycles. The third kappa shape index (κ3) is 5.73. The first-order valence-corrected chi connectivity index (χ1v) is 7.36. The Kier molecular flexibility index (Phi) is 7.79. The predicted molar refractivity (Wildman–Crippen MR) is 83.3 cm³/mol. The van der Waals surface area contributed by atoms with Crippen molar-refractivity contribution in [1.29, 1.82) is 0 Å². The summed E-state index contributed by atoms with van der Waals surface area (Å²) in [6.45, 7) is 5.10. The van der Waals surface area contributed by atoms with Crippen LogP contribution < -0.4 is 10.1 Å². The average molecular weight is 294 g/mol. The van der Waals surface area contributed by atoms with E-state index in [1.807, 2.05) is 31.2 Å². The highest BCUT2D eigenvalue weighted by Crippen LogP contribution is 2.19. The Morgan fingerprint density at radius 3 is 2.76 bits per heavy atom. The summed E-state index contributed by atoms with van der Waals surface area (Å²) in [6.07, 6.45) is 0.972. The van der Waals surface area contributed by atoms with E-state index < -0.39 is 0 Å². The van der Waals surface area contributed by atoms with Crippen molar-refractivity contribution in [2.75, 3.05) is 26.8 Å². The van der Waals surface area contributed by atoms with E-state index in [1.54, 1.807) is 12.0 Å². The molecule has 0 radical (unpaired) electrons. The van der Waals surface area contributed by atoms with E-state index >= 15 is 0 Å². The van der Waals surface area contributed by atoms with Crippen molar-refractivity contribution in [2.24, 2.45) is 0 Å². The van der Waals surface area contributed by atoms with Gasteiger partial charge in [-0.15, -0.1) is 0 Å². The van der Waals surface area contributed by atoms with Crippen molar-refractivity contribution in [3.63, 3.8) is 0 Å². The normalized spacial score (nSPS) is 12.0. The summed E-state index contributed by atoms with van der Waals surface area (Å²) in [5.74, 6) is 0.735. The van der Waals surface area contributed by atoms with Crippen LogP contribution in [0.2, 0.25) is 0 Å². The average Bonchev–Trinajstić information content (AvgIpc) is 2.52. The molecule has 1 unspecified atom stereocenters. The SMILES string of the molecule is CCC(C)NCC(=O)N(CCO)Cc1ccccc1OC. The van der Waals surface area contributed by atoms with Gasteiger partial charge in [0, 0.05) is 24.7 Å². The summed E-state index contributed by atoms with van der Waals surface area (Å²) in [6, 6.07) is 7.91. The van der Waals surface area contributed by atoms with Gasteiger partial charge in [0.05, 0.1) is 20.3 Å². The number of para-hydroxylation sites is 1. The van der Waals surface area contributed by atoms with Crippen molar-refractivity contribution < 1.29 is 14.6 Å². The highest BCUT2D eigenvalue weighted by atomic mass is 16.5. The summed E-state index contributed by atoms with van der Waals surface area (Å²) in [7, 11) is 1.61. The second-order valence-electron chi connectivity index (χ2n) is 5.04. The Bertz CT molecular complexity index is 437. The van der Waals surface area contributed by atoms with Crippen molar-refractivity contribution >= 4 is 5.91 Å². The maximum Gasteiger partial charge on any atom is 0.236 e. The van der Waals surface area contributed by atoms with E-state index in [0.717, 1.165) is 17.7 Å². The topological polar surface area (TPSA) is 61.8 Å². The smallest absolute Gasteiger partial charge is 0.236 e. The molecule has 21 heavy (non-hydrogen) atoms. The Morgan fingerprint density at radius 2 is 2.14 bits per heavy atom. The lowest BCUT2D eigenvalue weighted by Gasteiger charge is -2.24. The van der Waals surface area contributed by atoms with E-state index in [0.29, 0.717) is 19.1 Å². The van der Waals surface area contributed by atoms with E-state index in [-0.39, 0.29) is 19.1 Å². The zero-order valence-corrected chi connectivity index (χ0v) is 13.1. The minimum absolute atomic E-state index is 0.0183. The number of aliphatic hydroxyl groups is 1. The summed E-state index contributed by atoms with van der Waals surface area (Å²) >= 11 is 0. The first-order valence-electron chi connectivity index (χ1n) is 7.36. The van der Waals surface area contributed by atoms with Crippen LogP contribution in [0, 0.1) is 0 Å². The van der Waals surface area contributed by atoms with Crippen molar-refractivity contribution in [3.05, 3.63) is 29.8 Å². The zero-order valence-electron chi connectivity index (χ0n) is 13.1. The van der Waals surface area contributed by atoms with Crippen LogP contribution in [0.1, 0.15) is 25.8 Å². The van der Waals surface area contributed by atoms with Crippen molar-refractivity contribution in [2.45, 2.75) is 32.9 Å². The van der Waals surface area contributed by atoms with Crippen LogP contribution in [0.25, 0.3) is 0 Å². The molecule has 5 nitrogen and oxygen atoms in total. The fraction of sp³-hybridized carbons (Fsp3) is 0.562. The highest BCUT2D eigenvalue weighted by molar-refractivity contribution is 5.78. The molecule has 0 saturated heterocycles. The number of carbonyl (C=O) groups excluding carboxylic acids is 1. The van der Waals surface area contributed by atoms with Crippen molar-refractivity contribution in [3.8, 4) is 5.75 Å². The Morgan fingerprint density at radius 1 is 1.43 bits per heavy atom. The molecule has 0 saturated carbocycles. The number of ether oxygens (including phenoxy) is 1. The van der Waals surface area contributed by atoms with Crippen LogP contribution in [-0.4, -0.2) is 48.8 Å². The first-order chi connectivity index (χ1) is 10.1. The lowest BCUT2D eigenvalue weighted by molar-refractivity contribution is -0.131. The van der Waals surface area contributed by atoms with E-state index in [9.17, 15) is 4.79 Å². The minimum Gasteiger partial charge on any atom is -0.496 e. The number of rotatable bonds is 9. The van der Waals surface area contributed by atoms with E-state index in [4.69, 9.17) is 9.84 Å². The molecular weight excluding hydrogens is 268 g/mol. The fourth-order valence-corrected chi connectivity index (χ4v) is 1.97. The number of amides is 1. The second kappa shape index (κ2) is 9.37. The fourth-order valence-electron chi connectivity index (χ4n) is 1.97. The molecule has 0 aromatic heterocycles. The lowest BCUT2D eigenvalue weighted by Crippen LogP contribution is -2.41. The van der Waals surface area contributed by atoms with Crippen LogP contribution in [0.4, 0.5) is 0 Å². The minimum atomic E-state index is -0.0514. The number of benzene rings is 1. The standard InChI is InChI=1S/C16H26N2O3/c1-4-13(2)17-11-16(20)18(9-10-19)12-14-7-5-6-8-15(14)21-3/h5-8,13,17,19H,4,9-12H2,1-3H3. The molecule has 0 aliphatic carbocycles. The molecule has 5 heteroatoms. The van der Waals surface area contributed by atoms with Gasteiger partial charge in [0.25, 0.3) is 0 Å². The summed E-state index contributed by atoms with van der Waals surface area (Å²) in [5.41, 5.74) is 0.935. The molecule has 1 aromatic rings. The van der Waals surface area contributed by atoms with Crippen LogP contribution in [0.15, 0.2) is 24.3 Å². The number of hydrogen-bond donors (Lipinski definition) is 2. The molecule has 0 spiro atoms. The quantitative estimate of drug-likeness (QED) is 0.723. The highest BCUT2D eigenvalue weighted by Gasteiger charge is 2.15. The van der Waals surface area contributed by atoms with E-state index in [2.05, 4.69) is 12.2 Å². The molecule has 0 bridgehead atoms. The Labute approximate surface area is 126 Å². The number of nitrogens with one attached hydrogen (secondary N) is 1. The monoisotopic (exact) mass is 294 g/mol. The molecule has 0 aliphatic heterocycles. The molecule has 2 N–H and O–H groups in total. The lowest BCUT2D eigenvalue weighted by atomic mass is 10.2. The largest absolute Gasteiger partial charge is 0.496 e. The van der Waals surface area contributed by atoms with Gasteiger partial charge in [-0.05, 0) is 19.4 Å². The molecule has 1 rings (SSSR count). The van der Waals surface area contributed by atoms with Crippen LogP contribution >= 0.6 is 0 Å². The van der Waals surface area contributed by atoms with E-state index in [1.165, 1.54) is 0 Å². The second-order valence-corrected chi connectivity index (χ2v) is 5.04. The number of carbonyl (C=O) groups is 1. The van der Waals surface area contributed by atoms with Gasteiger partial charge in [-0.1, -0.05) is 25.1 Å². The van der Waals surface area contributed by atoms with Gasteiger partial charge in [0.15, 0.2) is 0 Å². The van der Waals surface area contributed by atoms with Gasteiger partial charge in [-0.3, -0.25) is 4.79 Å². The van der Waals surface area contributed by atoms with Gasteiger partial charge in [0.1, 0.15) is 5.75 Å². The number of methoxy groups -OCH3 is 1. The molecule has 0 fully saturated rings. The number of hydrogen-bond acceptors (Lipinski definition) is 4. The molecule has 1 amide bonds. The third-order valence-electron chi connectivity index (χ3n) is 3.49. The summed E-state index contributed by atoms with van der Waals surface area (Å²) in [5, 5.41) is 12.3. The maximum absolute atomic E-state index is 12.3. The predicted octanol–water partition coefficient (Wildman–Crippen LogP) is 1.40. The molecular formula is C16H26N2O3. The van der Waals surface area contributed by atoms with Gasteiger partial charge in [-0.2, -0.15) is 0 Å². The molecule has 0 aliphatic rings. The molecule has 0 heterocycles. The Hall–Kier alpha value is -1.59. The molecule has 118 valence electrons. The number of nitrogens with zero attached hydrogens (tertiary/aromatic N) is 1. The van der Waals surface area contributed by atoms with Gasteiger partial charge in [-0.25, -0.2) is 0 Å². The van der Waals surface area contributed by atoms with Crippen molar-refractivity contribution in [1.82, 2.24) is 10.2 Å². The van der Waals surface area contributed by atoms with Gasteiger partial charge < -0.3 is 20.1 Å². The van der Waals surface area contributed by atoms with Gasteiger partial charge in [0.2, 0.25) is 5.91 Å². The summed E-state index contributed by atoms with van der Waals surface area (Å²) in [4.78, 5) is 13.9. The third-order valence-corrected chi connectivity index (χ3v) is 3.49. The van der Waals surface area contributed by atoms with Crippen LogP contribution in [0.3, 0.4) is 0 Å². The van der Waals surface area contributed by atoms with Crippen LogP contribution in [0.5, 0.6) is 5.75 Å². The van der Waals surface area contributed by atoms with Crippen LogP contribution in [-0.2, 0) is 11.3 Å². The Balaban J connectivity index is 2.70. The number of aliphatic hydroxyl groups excluding tert-OH is 1.